The van der Waals surface area contributed by atoms with Crippen LogP contribution in [-0.4, -0.2) is 41.4 Å². The maximum Gasteiger partial charge on any atom is 0.266 e. The van der Waals surface area contributed by atoms with Gasteiger partial charge in [0.05, 0.1) is 5.56 Å². The van der Waals surface area contributed by atoms with Crippen LogP contribution in [0, 0.1) is 11.3 Å². The summed E-state index contributed by atoms with van der Waals surface area (Å²) in [6.07, 6.45) is 0.846. The first-order chi connectivity index (χ1) is 12.8. The molecule has 1 fully saturated rings. The van der Waals surface area contributed by atoms with E-state index < -0.39 is 0 Å². The maximum atomic E-state index is 12.5. The lowest BCUT2D eigenvalue weighted by Gasteiger charge is -2.16. The molecule has 2 aromatic carbocycles. The molecule has 6 heteroatoms. The fraction of sp³-hybridized carbons (Fsp3) is 0.250. The van der Waals surface area contributed by atoms with Gasteiger partial charge >= 0.3 is 0 Å². The Morgan fingerprint density at radius 1 is 1.19 bits per heavy atom. The minimum absolute atomic E-state index is 0.100. The standard InChI is InChI=1S/C20H19N3O2S/c21-14-17-8-4-5-9-18(17)25-15-19(24)23-12-13-26-20(23)22-11-10-16-6-2-1-3-7-16/h1-9H,10-13,15H2. The zero-order chi connectivity index (χ0) is 18.2. The van der Waals surface area contributed by atoms with Gasteiger partial charge in [-0.2, -0.15) is 5.26 Å². The van der Waals surface area contributed by atoms with Crippen LogP contribution in [0.5, 0.6) is 5.75 Å². The predicted octanol–water partition coefficient (Wildman–Crippen LogP) is 3.11. The van der Waals surface area contributed by atoms with Gasteiger partial charge in [0.2, 0.25) is 0 Å². The molecular formula is C20H19N3O2S. The van der Waals surface area contributed by atoms with Crippen LogP contribution in [0.15, 0.2) is 59.6 Å². The molecule has 0 saturated carbocycles. The number of thioether (sulfide) groups is 1. The van der Waals surface area contributed by atoms with Crippen molar-refractivity contribution in [2.24, 2.45) is 4.99 Å². The van der Waals surface area contributed by atoms with Crippen LogP contribution in [0.4, 0.5) is 0 Å². The molecule has 0 bridgehead atoms. The summed E-state index contributed by atoms with van der Waals surface area (Å²) in [5, 5.41) is 9.83. The molecule has 0 spiro atoms. The van der Waals surface area contributed by atoms with Crippen LogP contribution in [0.1, 0.15) is 11.1 Å². The van der Waals surface area contributed by atoms with E-state index in [2.05, 4.69) is 23.2 Å². The number of aliphatic imine (C=N–C) groups is 1. The summed E-state index contributed by atoms with van der Waals surface area (Å²) in [6.45, 7) is 1.18. The van der Waals surface area contributed by atoms with Crippen LogP contribution in [-0.2, 0) is 11.2 Å². The van der Waals surface area contributed by atoms with Crippen LogP contribution in [0.3, 0.4) is 0 Å². The summed E-state index contributed by atoms with van der Waals surface area (Å²) in [5.41, 5.74) is 1.65. The van der Waals surface area contributed by atoms with Crippen LogP contribution in [0.2, 0.25) is 0 Å². The highest BCUT2D eigenvalue weighted by molar-refractivity contribution is 8.14. The Kier molecular flexibility index (Phi) is 6.29. The van der Waals surface area contributed by atoms with Gasteiger partial charge in [0.1, 0.15) is 11.8 Å². The molecule has 1 aliphatic heterocycles. The number of nitrogens with zero attached hydrogens (tertiary/aromatic N) is 3. The minimum atomic E-state index is -0.138. The van der Waals surface area contributed by atoms with Gasteiger partial charge in [-0.05, 0) is 24.1 Å². The number of nitriles is 1. The lowest BCUT2D eigenvalue weighted by atomic mass is 10.2. The number of ether oxygens (including phenoxy) is 1. The number of amidine groups is 1. The smallest absolute Gasteiger partial charge is 0.266 e. The summed E-state index contributed by atoms with van der Waals surface area (Å²) in [4.78, 5) is 18.7. The molecule has 2 aromatic rings. The number of carbonyl (C=O) groups excluding carboxylic acids is 1. The third-order valence-corrected chi connectivity index (χ3v) is 4.92. The Morgan fingerprint density at radius 2 is 1.96 bits per heavy atom. The first-order valence-electron chi connectivity index (χ1n) is 8.41. The Labute approximate surface area is 157 Å². The SMILES string of the molecule is N#Cc1ccccc1OCC(=O)N1CCSC1=NCCc1ccccc1. The Balaban J connectivity index is 1.56. The van der Waals surface area contributed by atoms with Gasteiger partial charge < -0.3 is 4.74 Å². The Morgan fingerprint density at radius 3 is 2.77 bits per heavy atom. The molecule has 0 aromatic heterocycles. The number of amides is 1. The highest BCUT2D eigenvalue weighted by Crippen LogP contribution is 2.20. The van der Waals surface area contributed by atoms with Crippen molar-refractivity contribution in [3.05, 3.63) is 65.7 Å². The molecule has 26 heavy (non-hydrogen) atoms. The maximum absolute atomic E-state index is 12.5. The number of carbonyl (C=O) groups is 1. The Hall–Kier alpha value is -2.78. The van der Waals surface area contributed by atoms with E-state index in [0.29, 0.717) is 24.4 Å². The number of hydrogen-bond donors (Lipinski definition) is 0. The predicted molar refractivity (Wildman–Crippen MR) is 103 cm³/mol. The van der Waals surface area contributed by atoms with Gasteiger partial charge in [-0.3, -0.25) is 14.7 Å². The molecule has 1 heterocycles. The lowest BCUT2D eigenvalue weighted by molar-refractivity contribution is -0.129. The van der Waals surface area contributed by atoms with E-state index in [1.807, 2.05) is 18.2 Å². The number of para-hydroxylation sites is 1. The second kappa shape index (κ2) is 9.07. The van der Waals surface area contributed by atoms with E-state index in [1.54, 1.807) is 40.9 Å². The van der Waals surface area contributed by atoms with E-state index in [-0.39, 0.29) is 12.5 Å². The van der Waals surface area contributed by atoms with Crippen molar-refractivity contribution in [3.8, 4) is 11.8 Å². The second-order valence-electron chi connectivity index (χ2n) is 5.69. The van der Waals surface area contributed by atoms with E-state index in [9.17, 15) is 4.79 Å². The van der Waals surface area contributed by atoms with E-state index >= 15 is 0 Å². The summed E-state index contributed by atoms with van der Waals surface area (Å²) in [5.74, 6) is 1.13. The molecule has 3 rings (SSSR count). The molecule has 0 radical (unpaired) electrons. The number of rotatable bonds is 6. The van der Waals surface area contributed by atoms with Crippen molar-refractivity contribution in [3.63, 3.8) is 0 Å². The molecule has 0 aliphatic carbocycles. The second-order valence-corrected chi connectivity index (χ2v) is 6.75. The van der Waals surface area contributed by atoms with E-state index in [0.717, 1.165) is 17.3 Å². The van der Waals surface area contributed by atoms with Crippen LogP contribution < -0.4 is 4.74 Å². The summed E-state index contributed by atoms with van der Waals surface area (Å²) in [6, 6.07) is 19.1. The normalized spacial score (nSPS) is 15.0. The topological polar surface area (TPSA) is 65.7 Å². The van der Waals surface area contributed by atoms with Crippen molar-refractivity contribution in [1.82, 2.24) is 4.90 Å². The van der Waals surface area contributed by atoms with Crippen molar-refractivity contribution < 1.29 is 9.53 Å². The average Bonchev–Trinajstić information content (AvgIpc) is 3.16. The third kappa shape index (κ3) is 4.64. The molecule has 1 amide bonds. The minimum Gasteiger partial charge on any atom is -0.482 e. The van der Waals surface area contributed by atoms with Gasteiger partial charge in [-0.15, -0.1) is 0 Å². The molecule has 1 saturated heterocycles. The number of benzene rings is 2. The molecule has 0 atom stereocenters. The summed E-state index contributed by atoms with van der Waals surface area (Å²) >= 11 is 1.59. The van der Waals surface area contributed by atoms with Crippen molar-refractivity contribution in [2.45, 2.75) is 6.42 Å². The van der Waals surface area contributed by atoms with Crippen molar-refractivity contribution in [1.29, 1.82) is 5.26 Å². The first-order valence-corrected chi connectivity index (χ1v) is 9.40. The molecule has 132 valence electrons. The van der Waals surface area contributed by atoms with Crippen LogP contribution >= 0.6 is 11.8 Å². The fourth-order valence-corrected chi connectivity index (χ4v) is 3.58. The third-order valence-electron chi connectivity index (χ3n) is 3.93. The molecular weight excluding hydrogens is 346 g/mol. The van der Waals surface area contributed by atoms with Gasteiger partial charge in [0, 0.05) is 18.8 Å². The average molecular weight is 365 g/mol. The number of hydrogen-bond acceptors (Lipinski definition) is 5. The highest BCUT2D eigenvalue weighted by atomic mass is 32.2. The first kappa shape index (κ1) is 18.0. The van der Waals surface area contributed by atoms with Crippen LogP contribution in [0.25, 0.3) is 0 Å². The summed E-state index contributed by atoms with van der Waals surface area (Å²) < 4.78 is 5.55. The van der Waals surface area contributed by atoms with E-state index in [1.165, 1.54) is 5.56 Å². The van der Waals surface area contributed by atoms with Gasteiger partial charge in [0.15, 0.2) is 11.8 Å². The quantitative estimate of drug-likeness (QED) is 0.789. The lowest BCUT2D eigenvalue weighted by Crippen LogP contribution is -2.35. The van der Waals surface area contributed by atoms with Gasteiger partial charge in [0.25, 0.3) is 5.91 Å². The fourth-order valence-electron chi connectivity index (χ4n) is 2.59. The molecule has 1 aliphatic rings. The highest BCUT2D eigenvalue weighted by Gasteiger charge is 2.25. The zero-order valence-electron chi connectivity index (χ0n) is 14.3. The summed E-state index contributed by atoms with van der Waals surface area (Å²) in [7, 11) is 0. The molecule has 0 N–H and O–H groups in total. The van der Waals surface area contributed by atoms with E-state index in [4.69, 9.17) is 10.00 Å². The largest absolute Gasteiger partial charge is 0.482 e. The monoisotopic (exact) mass is 365 g/mol. The Bertz CT molecular complexity index is 830. The van der Waals surface area contributed by atoms with Crippen molar-refractivity contribution >= 4 is 22.8 Å². The molecule has 0 unspecified atom stereocenters. The molecule has 5 nitrogen and oxygen atoms in total. The van der Waals surface area contributed by atoms with Gasteiger partial charge in [-0.1, -0.05) is 54.2 Å². The zero-order valence-corrected chi connectivity index (χ0v) is 15.1. The van der Waals surface area contributed by atoms with Crippen molar-refractivity contribution in [2.75, 3.05) is 25.4 Å². The van der Waals surface area contributed by atoms with Gasteiger partial charge in [-0.25, -0.2) is 0 Å².